The Morgan fingerprint density at radius 1 is 0.533 bits per heavy atom. The lowest BCUT2D eigenvalue weighted by Gasteiger charge is -2.13. The number of nitrogens with one attached hydrogen (secondary N) is 1. The minimum absolute atomic E-state index is 0.255. The van der Waals surface area contributed by atoms with E-state index in [0.717, 1.165) is 6.92 Å². The van der Waals surface area contributed by atoms with Crippen LogP contribution < -0.4 is 5.56 Å². The molecule has 158 valence electrons. The molecular weight excluding hydrogens is 436 g/mol. The maximum absolute atomic E-state index is 14.1. The summed E-state index contributed by atoms with van der Waals surface area (Å²) in [4.78, 5) is 13.9. The lowest BCUT2D eigenvalue weighted by molar-refractivity contribution is 0.381. The van der Waals surface area contributed by atoms with Crippen molar-refractivity contribution in [1.82, 2.24) is 4.98 Å². The zero-order valence-corrected chi connectivity index (χ0v) is 14.3. The number of halogens is 10. The third-order valence-electron chi connectivity index (χ3n) is 4.20. The Balaban J connectivity index is 2.45. The van der Waals surface area contributed by atoms with Crippen LogP contribution in [0.2, 0.25) is 0 Å². The van der Waals surface area contributed by atoms with Gasteiger partial charge in [0.25, 0.3) is 5.56 Å². The van der Waals surface area contributed by atoms with Crippen molar-refractivity contribution in [2.24, 2.45) is 0 Å². The van der Waals surface area contributed by atoms with E-state index < -0.39 is 91.7 Å². The van der Waals surface area contributed by atoms with Crippen LogP contribution in [0.3, 0.4) is 0 Å². The number of benzene rings is 2. The van der Waals surface area contributed by atoms with Gasteiger partial charge in [-0.1, -0.05) is 0 Å². The van der Waals surface area contributed by atoms with Gasteiger partial charge < -0.3 is 4.98 Å². The highest BCUT2D eigenvalue weighted by molar-refractivity contribution is 5.75. The Hall–Kier alpha value is -3.31. The summed E-state index contributed by atoms with van der Waals surface area (Å²) in [5.74, 6) is -24.1. The summed E-state index contributed by atoms with van der Waals surface area (Å²) in [6.07, 6.45) is 0. The van der Waals surface area contributed by atoms with E-state index in [2.05, 4.69) is 0 Å². The minimum atomic E-state index is -2.53. The molecule has 1 N–H and O–H groups in total. The van der Waals surface area contributed by atoms with Crippen LogP contribution in [0.15, 0.2) is 10.9 Å². The summed E-state index contributed by atoms with van der Waals surface area (Å²) in [5.41, 5.74) is -7.55. The van der Waals surface area contributed by atoms with Gasteiger partial charge in [-0.15, -0.1) is 0 Å². The number of aryl methyl sites for hydroxylation is 1. The molecule has 0 amide bonds. The highest BCUT2D eigenvalue weighted by atomic mass is 19.2. The minimum Gasteiger partial charge on any atom is -0.325 e. The Morgan fingerprint density at radius 2 is 0.833 bits per heavy atom. The molecule has 2 aromatic carbocycles. The van der Waals surface area contributed by atoms with Gasteiger partial charge in [-0.25, -0.2) is 43.9 Å². The number of pyridine rings is 1. The first kappa shape index (κ1) is 21.4. The highest BCUT2D eigenvalue weighted by Crippen LogP contribution is 2.36. The maximum atomic E-state index is 14.1. The SMILES string of the molecule is Cc1[nH]c(=O)c(-c2c(F)c(F)c(F)c(F)c2F)cc1-c1c(F)c(F)c(F)c(F)c1F. The quantitative estimate of drug-likeness (QED) is 0.322. The standard InChI is InChI=1S/C18H5F10NO/c1-3-4(6-8(19)12(23)16(27)13(24)9(6)20)2-5(18(30)29-3)7-10(21)14(25)17(28)15(26)11(7)22/h2H,1H3,(H,29,30). The maximum Gasteiger partial charge on any atom is 0.256 e. The van der Waals surface area contributed by atoms with Gasteiger partial charge in [0.05, 0.1) is 16.7 Å². The second kappa shape index (κ2) is 7.18. The average Bonchev–Trinajstić information content (AvgIpc) is 2.70. The van der Waals surface area contributed by atoms with Gasteiger partial charge in [0.15, 0.2) is 46.5 Å². The van der Waals surface area contributed by atoms with Crippen molar-refractivity contribution in [3.8, 4) is 22.3 Å². The summed E-state index contributed by atoms with van der Waals surface area (Å²) in [7, 11) is 0. The molecule has 0 aliphatic rings. The predicted molar refractivity (Wildman–Crippen MR) is 82.3 cm³/mol. The van der Waals surface area contributed by atoms with E-state index in [4.69, 9.17) is 0 Å². The third-order valence-corrected chi connectivity index (χ3v) is 4.20. The number of hydrogen-bond acceptors (Lipinski definition) is 1. The molecule has 0 radical (unpaired) electrons. The first-order valence-electron chi connectivity index (χ1n) is 7.67. The molecule has 0 spiro atoms. The van der Waals surface area contributed by atoms with Crippen LogP contribution in [0.25, 0.3) is 22.3 Å². The first-order chi connectivity index (χ1) is 13.9. The van der Waals surface area contributed by atoms with Crippen molar-refractivity contribution in [3.63, 3.8) is 0 Å². The largest absolute Gasteiger partial charge is 0.325 e. The second-order valence-corrected chi connectivity index (χ2v) is 5.94. The van der Waals surface area contributed by atoms with E-state index in [-0.39, 0.29) is 6.07 Å². The van der Waals surface area contributed by atoms with Crippen LogP contribution in [0.5, 0.6) is 0 Å². The zero-order valence-electron chi connectivity index (χ0n) is 14.3. The van der Waals surface area contributed by atoms with E-state index in [1.165, 1.54) is 0 Å². The second-order valence-electron chi connectivity index (χ2n) is 5.94. The topological polar surface area (TPSA) is 32.9 Å². The van der Waals surface area contributed by atoms with Gasteiger partial charge >= 0.3 is 0 Å². The van der Waals surface area contributed by atoms with E-state index in [0.29, 0.717) is 0 Å². The van der Waals surface area contributed by atoms with Gasteiger partial charge in [-0.3, -0.25) is 4.79 Å². The van der Waals surface area contributed by atoms with Crippen LogP contribution in [-0.2, 0) is 0 Å². The predicted octanol–water partition coefficient (Wildman–Crippen LogP) is 5.41. The van der Waals surface area contributed by atoms with Gasteiger partial charge in [-0.2, -0.15) is 0 Å². The lowest BCUT2D eigenvalue weighted by Crippen LogP contribution is -2.16. The monoisotopic (exact) mass is 441 g/mol. The van der Waals surface area contributed by atoms with E-state index in [9.17, 15) is 48.7 Å². The molecule has 0 saturated carbocycles. The van der Waals surface area contributed by atoms with Gasteiger partial charge in [-0.05, 0) is 13.0 Å². The summed E-state index contributed by atoms with van der Waals surface area (Å²) in [5, 5.41) is 0. The van der Waals surface area contributed by atoms with E-state index in [1.54, 1.807) is 0 Å². The van der Waals surface area contributed by atoms with Crippen LogP contribution in [-0.4, -0.2) is 4.98 Å². The molecule has 0 fully saturated rings. The molecule has 0 unspecified atom stereocenters. The summed E-state index contributed by atoms with van der Waals surface area (Å²) in [6.45, 7) is 0.942. The summed E-state index contributed by atoms with van der Waals surface area (Å²) >= 11 is 0. The van der Waals surface area contributed by atoms with Crippen molar-refractivity contribution in [2.45, 2.75) is 6.92 Å². The molecule has 3 rings (SSSR count). The number of rotatable bonds is 2. The molecule has 0 aliphatic carbocycles. The van der Waals surface area contributed by atoms with E-state index in [1.807, 2.05) is 4.98 Å². The van der Waals surface area contributed by atoms with Crippen molar-refractivity contribution < 1.29 is 43.9 Å². The highest BCUT2D eigenvalue weighted by Gasteiger charge is 2.31. The molecule has 3 aromatic rings. The molecule has 12 heteroatoms. The molecule has 0 aliphatic heterocycles. The van der Waals surface area contributed by atoms with Gasteiger partial charge in [0.2, 0.25) is 11.6 Å². The molecule has 2 nitrogen and oxygen atoms in total. The van der Waals surface area contributed by atoms with Crippen LogP contribution in [0.4, 0.5) is 43.9 Å². The fraction of sp³-hybridized carbons (Fsp3) is 0.0556. The Labute approximate surface area is 159 Å². The lowest BCUT2D eigenvalue weighted by atomic mass is 9.97. The number of H-pyrrole nitrogens is 1. The number of hydrogen-bond donors (Lipinski definition) is 1. The van der Waals surface area contributed by atoms with Gasteiger partial charge in [0, 0.05) is 11.3 Å². The Bertz CT molecular complexity index is 1220. The normalized spacial score (nSPS) is 11.3. The average molecular weight is 441 g/mol. The number of aromatic nitrogens is 1. The summed E-state index contributed by atoms with van der Waals surface area (Å²) < 4.78 is 137. The molecule has 30 heavy (non-hydrogen) atoms. The fourth-order valence-corrected chi connectivity index (χ4v) is 2.75. The molecule has 0 atom stereocenters. The smallest absolute Gasteiger partial charge is 0.256 e. The molecule has 0 bridgehead atoms. The van der Waals surface area contributed by atoms with Crippen LogP contribution in [0, 0.1) is 65.1 Å². The number of aromatic amines is 1. The molecule has 1 heterocycles. The van der Waals surface area contributed by atoms with Crippen molar-refractivity contribution >= 4 is 0 Å². The summed E-state index contributed by atoms with van der Waals surface area (Å²) in [6, 6.07) is 0.255. The zero-order chi connectivity index (χ0) is 22.7. The molecule has 1 aromatic heterocycles. The van der Waals surface area contributed by atoms with Crippen molar-refractivity contribution in [2.75, 3.05) is 0 Å². The van der Waals surface area contributed by atoms with Crippen LogP contribution in [0.1, 0.15) is 5.69 Å². The van der Waals surface area contributed by atoms with Crippen LogP contribution >= 0.6 is 0 Å². The van der Waals surface area contributed by atoms with Gasteiger partial charge in [0.1, 0.15) is 0 Å². The van der Waals surface area contributed by atoms with Crippen molar-refractivity contribution in [1.29, 1.82) is 0 Å². The third kappa shape index (κ3) is 2.94. The Morgan fingerprint density at radius 3 is 1.20 bits per heavy atom. The molecule has 0 saturated heterocycles. The van der Waals surface area contributed by atoms with E-state index >= 15 is 0 Å². The fourth-order valence-electron chi connectivity index (χ4n) is 2.75. The first-order valence-corrected chi connectivity index (χ1v) is 7.67. The molecular formula is C18H5F10NO. The Kier molecular flexibility index (Phi) is 5.12. The van der Waals surface area contributed by atoms with Crippen molar-refractivity contribution in [3.05, 3.63) is 80.3 Å².